The van der Waals surface area contributed by atoms with Gasteiger partial charge in [0.25, 0.3) is 5.91 Å². The van der Waals surface area contributed by atoms with Gasteiger partial charge in [0, 0.05) is 17.5 Å². The topological polar surface area (TPSA) is 67.8 Å². The number of aliphatic hydroxyl groups is 1. The third-order valence-corrected chi connectivity index (χ3v) is 3.99. The number of benzene rings is 1. The summed E-state index contributed by atoms with van der Waals surface area (Å²) >= 11 is 0. The normalized spacial score (nSPS) is 30.6. The van der Waals surface area contributed by atoms with Gasteiger partial charge in [0.2, 0.25) is 6.79 Å². The molecule has 1 aromatic rings. The number of amides is 1. The van der Waals surface area contributed by atoms with Crippen LogP contribution in [0.5, 0.6) is 11.5 Å². The van der Waals surface area contributed by atoms with Gasteiger partial charge in [-0.1, -0.05) is 12.2 Å². The van der Waals surface area contributed by atoms with Gasteiger partial charge in [0.05, 0.1) is 6.10 Å². The van der Waals surface area contributed by atoms with Gasteiger partial charge in [0.1, 0.15) is 0 Å². The molecule has 0 saturated heterocycles. The zero-order valence-electron chi connectivity index (χ0n) is 10.1. The van der Waals surface area contributed by atoms with E-state index in [1.165, 1.54) is 0 Å². The highest BCUT2D eigenvalue weighted by atomic mass is 16.7. The van der Waals surface area contributed by atoms with Gasteiger partial charge in [-0.2, -0.15) is 0 Å². The van der Waals surface area contributed by atoms with Gasteiger partial charge >= 0.3 is 0 Å². The van der Waals surface area contributed by atoms with Crippen molar-refractivity contribution < 1.29 is 19.4 Å². The molecule has 0 fully saturated rings. The van der Waals surface area contributed by atoms with Crippen LogP contribution in [0.4, 0.5) is 0 Å². The maximum absolute atomic E-state index is 12.1. The molecule has 4 rings (SSSR count). The molecule has 3 atom stereocenters. The van der Waals surface area contributed by atoms with Crippen LogP contribution < -0.4 is 14.8 Å². The van der Waals surface area contributed by atoms with E-state index in [1.54, 1.807) is 12.1 Å². The second kappa shape index (κ2) is 3.74. The molecule has 5 nitrogen and oxygen atoms in total. The van der Waals surface area contributed by atoms with Crippen LogP contribution in [0.15, 0.2) is 24.3 Å². The molecule has 0 spiro atoms. The summed E-state index contributed by atoms with van der Waals surface area (Å²) in [4.78, 5) is 12.1. The fourth-order valence-corrected chi connectivity index (χ4v) is 3.09. The lowest BCUT2D eigenvalue weighted by atomic mass is 9.76. The van der Waals surface area contributed by atoms with Crippen LogP contribution in [0.2, 0.25) is 0 Å². The second-order valence-corrected chi connectivity index (χ2v) is 5.05. The van der Waals surface area contributed by atoms with Crippen molar-refractivity contribution >= 4 is 5.91 Å². The van der Waals surface area contributed by atoms with Crippen molar-refractivity contribution in [3.8, 4) is 11.5 Å². The smallest absolute Gasteiger partial charge is 0.251 e. The molecule has 0 aromatic heterocycles. The van der Waals surface area contributed by atoms with Crippen LogP contribution in [0, 0.1) is 0 Å². The molecule has 19 heavy (non-hydrogen) atoms. The Hall–Kier alpha value is -2.01. The van der Waals surface area contributed by atoms with E-state index in [9.17, 15) is 9.90 Å². The lowest BCUT2D eigenvalue weighted by Gasteiger charge is -2.37. The molecule has 0 saturated carbocycles. The van der Waals surface area contributed by atoms with Crippen molar-refractivity contribution in [2.75, 3.05) is 6.79 Å². The zero-order chi connectivity index (χ0) is 13.0. The number of nitrogens with one attached hydrogen (secondary N) is 1. The fraction of sp³-hybridized carbons (Fsp3) is 0.357. The van der Waals surface area contributed by atoms with Crippen molar-refractivity contribution in [3.05, 3.63) is 35.4 Å². The third kappa shape index (κ3) is 1.48. The van der Waals surface area contributed by atoms with Crippen molar-refractivity contribution in [2.45, 2.75) is 24.5 Å². The van der Waals surface area contributed by atoms with E-state index in [2.05, 4.69) is 5.32 Å². The van der Waals surface area contributed by atoms with Gasteiger partial charge < -0.3 is 19.9 Å². The highest BCUT2D eigenvalue weighted by molar-refractivity contribution is 5.98. The Labute approximate surface area is 109 Å². The van der Waals surface area contributed by atoms with Gasteiger partial charge in [-0.15, -0.1) is 0 Å². The van der Waals surface area contributed by atoms with Gasteiger partial charge in [-0.25, -0.2) is 0 Å². The van der Waals surface area contributed by atoms with E-state index in [1.807, 2.05) is 12.1 Å². The summed E-state index contributed by atoms with van der Waals surface area (Å²) in [6.07, 6.45) is 3.84. The largest absolute Gasteiger partial charge is 0.454 e. The van der Waals surface area contributed by atoms with Crippen molar-refractivity contribution in [3.63, 3.8) is 0 Å². The van der Waals surface area contributed by atoms with Crippen molar-refractivity contribution in [1.29, 1.82) is 0 Å². The zero-order valence-corrected chi connectivity index (χ0v) is 10.1. The van der Waals surface area contributed by atoms with Crippen LogP contribution in [-0.2, 0) is 0 Å². The predicted octanol–water partition coefficient (Wildman–Crippen LogP) is 0.932. The van der Waals surface area contributed by atoms with E-state index in [0.29, 0.717) is 17.1 Å². The molecular formula is C14H13NO4. The molecule has 5 heteroatoms. The molecule has 0 bridgehead atoms. The molecular weight excluding hydrogens is 246 g/mol. The van der Waals surface area contributed by atoms with E-state index in [-0.39, 0.29) is 24.7 Å². The van der Waals surface area contributed by atoms with E-state index in [0.717, 1.165) is 12.0 Å². The Morgan fingerprint density at radius 1 is 1.26 bits per heavy atom. The summed E-state index contributed by atoms with van der Waals surface area (Å²) in [6.45, 7) is 0.177. The summed E-state index contributed by atoms with van der Waals surface area (Å²) in [5, 5.41) is 13.1. The summed E-state index contributed by atoms with van der Waals surface area (Å²) < 4.78 is 10.7. The van der Waals surface area contributed by atoms with E-state index < -0.39 is 6.10 Å². The van der Waals surface area contributed by atoms with Gasteiger partial charge in [-0.05, 0) is 24.1 Å². The number of ether oxygens (including phenoxy) is 2. The van der Waals surface area contributed by atoms with Crippen LogP contribution in [0.1, 0.15) is 28.3 Å². The van der Waals surface area contributed by atoms with Gasteiger partial charge in [-0.3, -0.25) is 4.79 Å². The Bertz CT molecular complexity index is 595. The quantitative estimate of drug-likeness (QED) is 0.680. The number of fused-ring (bicyclic) bond motifs is 4. The monoisotopic (exact) mass is 259 g/mol. The average Bonchev–Trinajstić information content (AvgIpc) is 2.84. The number of hydrogen-bond donors (Lipinski definition) is 2. The first-order chi connectivity index (χ1) is 9.24. The number of aliphatic hydroxyl groups excluding tert-OH is 1. The predicted molar refractivity (Wildman–Crippen MR) is 66.3 cm³/mol. The number of hydrogen-bond acceptors (Lipinski definition) is 4. The van der Waals surface area contributed by atoms with E-state index in [4.69, 9.17) is 9.47 Å². The van der Waals surface area contributed by atoms with Crippen LogP contribution in [-0.4, -0.2) is 30.0 Å². The van der Waals surface area contributed by atoms with Crippen LogP contribution >= 0.6 is 0 Å². The number of carbonyl (C=O) groups is 1. The maximum Gasteiger partial charge on any atom is 0.251 e. The van der Waals surface area contributed by atoms with Gasteiger partial charge in [0.15, 0.2) is 11.5 Å². The Morgan fingerprint density at radius 3 is 2.89 bits per heavy atom. The molecule has 3 aliphatic rings. The molecule has 98 valence electrons. The third-order valence-electron chi connectivity index (χ3n) is 3.99. The summed E-state index contributed by atoms with van der Waals surface area (Å²) in [5.74, 6) is 1.01. The molecule has 2 heterocycles. The lowest BCUT2D eigenvalue weighted by molar-refractivity contribution is 0.0868. The molecule has 1 aromatic carbocycles. The Kier molecular flexibility index (Phi) is 2.14. The minimum absolute atomic E-state index is 0.0552. The Morgan fingerprint density at radius 2 is 2.05 bits per heavy atom. The maximum atomic E-state index is 12.1. The van der Waals surface area contributed by atoms with Crippen molar-refractivity contribution in [2.24, 2.45) is 0 Å². The molecule has 2 aliphatic heterocycles. The standard InChI is InChI=1S/C14H13NO4/c16-10-3-1-2-9-13(10)7-4-11-12(19-6-18-11)5-8(7)14(17)15-9/h1,3-5,9-10,13,16H,2,6H2,(H,15,17)/t9-,10-,13+/m0/s1. The lowest BCUT2D eigenvalue weighted by Crippen LogP contribution is -2.48. The molecule has 0 radical (unpaired) electrons. The summed E-state index contributed by atoms with van der Waals surface area (Å²) in [5.41, 5.74) is 1.41. The summed E-state index contributed by atoms with van der Waals surface area (Å²) in [7, 11) is 0. The van der Waals surface area contributed by atoms with Crippen LogP contribution in [0.3, 0.4) is 0 Å². The second-order valence-electron chi connectivity index (χ2n) is 5.05. The first kappa shape index (κ1) is 10.9. The molecule has 1 amide bonds. The molecule has 1 aliphatic carbocycles. The number of carbonyl (C=O) groups excluding carboxylic acids is 1. The number of rotatable bonds is 0. The first-order valence-corrected chi connectivity index (χ1v) is 6.33. The molecule has 0 unspecified atom stereocenters. The highest BCUT2D eigenvalue weighted by Gasteiger charge is 2.39. The fourth-order valence-electron chi connectivity index (χ4n) is 3.09. The van der Waals surface area contributed by atoms with Crippen molar-refractivity contribution in [1.82, 2.24) is 5.32 Å². The summed E-state index contributed by atoms with van der Waals surface area (Å²) in [6, 6.07) is 3.48. The van der Waals surface area contributed by atoms with Crippen LogP contribution in [0.25, 0.3) is 0 Å². The highest BCUT2D eigenvalue weighted by Crippen LogP contribution is 2.42. The first-order valence-electron chi connectivity index (χ1n) is 6.33. The minimum atomic E-state index is -0.585. The molecule has 2 N–H and O–H groups in total. The van der Waals surface area contributed by atoms with E-state index >= 15 is 0 Å². The minimum Gasteiger partial charge on any atom is -0.454 e. The average molecular weight is 259 g/mol. The Balaban J connectivity index is 1.89. The SMILES string of the molecule is O=C1N[C@H]2CC=C[C@H](O)[C@@H]2c2cc3c(cc21)OCO3.